The van der Waals surface area contributed by atoms with Gasteiger partial charge in [-0.2, -0.15) is 0 Å². The van der Waals surface area contributed by atoms with Crippen LogP contribution in [0.1, 0.15) is 72.1 Å². The number of hydrogen-bond donors (Lipinski definition) is 1. The summed E-state index contributed by atoms with van der Waals surface area (Å²) in [5.74, 6) is 2.32. The van der Waals surface area contributed by atoms with Crippen LogP contribution in [-0.2, 0) is 4.79 Å². The normalized spacial score (nSPS) is 38.7. The first-order chi connectivity index (χ1) is 10.1. The lowest BCUT2D eigenvalue weighted by Gasteiger charge is -2.39. The van der Waals surface area contributed by atoms with E-state index < -0.39 is 0 Å². The molecule has 1 aliphatic heterocycles. The van der Waals surface area contributed by atoms with E-state index in [-0.39, 0.29) is 6.04 Å². The van der Waals surface area contributed by atoms with Crippen molar-refractivity contribution in [3.63, 3.8) is 0 Å². The Labute approximate surface area is 129 Å². The van der Waals surface area contributed by atoms with Crippen LogP contribution in [0.15, 0.2) is 0 Å². The summed E-state index contributed by atoms with van der Waals surface area (Å²) in [5.41, 5.74) is 0. The molecule has 120 valence electrons. The third kappa shape index (κ3) is 2.99. The summed E-state index contributed by atoms with van der Waals surface area (Å²) in [4.78, 5) is 15.3. The van der Waals surface area contributed by atoms with Crippen molar-refractivity contribution in [1.29, 1.82) is 0 Å². The van der Waals surface area contributed by atoms with Gasteiger partial charge >= 0.3 is 0 Å². The Kier molecular flexibility index (Phi) is 4.58. The molecule has 0 aromatic heterocycles. The molecule has 1 N–H and O–H groups in total. The third-order valence-corrected chi connectivity index (χ3v) is 6.06. The molecule has 3 aliphatic rings. The number of amides is 1. The first kappa shape index (κ1) is 15.3. The van der Waals surface area contributed by atoms with Gasteiger partial charge in [-0.3, -0.25) is 10.1 Å². The molecule has 0 radical (unpaired) electrons. The number of hydrogen-bond acceptors (Lipinski definition) is 2. The molecule has 2 atom stereocenters. The number of nitrogens with zero attached hydrogens (tertiary/aromatic N) is 1. The van der Waals surface area contributed by atoms with E-state index in [1.165, 1.54) is 51.4 Å². The quantitative estimate of drug-likeness (QED) is 0.863. The van der Waals surface area contributed by atoms with Gasteiger partial charge in [-0.15, -0.1) is 0 Å². The summed E-state index contributed by atoms with van der Waals surface area (Å²) in [5, 5.41) is 3.72. The molecule has 3 heteroatoms. The van der Waals surface area contributed by atoms with Gasteiger partial charge in [0.2, 0.25) is 5.91 Å². The zero-order chi connectivity index (χ0) is 15.0. The lowest BCUT2D eigenvalue weighted by Crippen LogP contribution is -2.49. The molecular formula is C18H32N2O. The van der Waals surface area contributed by atoms with E-state index in [0.29, 0.717) is 30.0 Å². The van der Waals surface area contributed by atoms with E-state index in [2.05, 4.69) is 31.0 Å². The van der Waals surface area contributed by atoms with Crippen molar-refractivity contribution in [2.75, 3.05) is 0 Å². The molecule has 3 nitrogen and oxygen atoms in total. The van der Waals surface area contributed by atoms with Crippen LogP contribution in [0.4, 0.5) is 0 Å². The Morgan fingerprint density at radius 3 is 2.24 bits per heavy atom. The SMILES string of the molecule is CC1CCC(N2C(=O)C(C(C)C)NC2C2CCCC2)CC1. The third-order valence-electron chi connectivity index (χ3n) is 6.06. The van der Waals surface area contributed by atoms with Crippen molar-refractivity contribution in [3.05, 3.63) is 0 Å². The van der Waals surface area contributed by atoms with Gasteiger partial charge < -0.3 is 4.90 Å². The number of carbonyl (C=O) groups is 1. The highest BCUT2D eigenvalue weighted by molar-refractivity contribution is 5.85. The van der Waals surface area contributed by atoms with Crippen molar-refractivity contribution in [3.8, 4) is 0 Å². The van der Waals surface area contributed by atoms with Crippen LogP contribution in [-0.4, -0.2) is 29.1 Å². The molecule has 0 aromatic carbocycles. The van der Waals surface area contributed by atoms with E-state index in [9.17, 15) is 4.79 Å². The molecule has 0 aromatic rings. The molecule has 2 saturated carbocycles. The fourth-order valence-corrected chi connectivity index (χ4v) is 4.67. The fraction of sp³-hybridized carbons (Fsp3) is 0.944. The summed E-state index contributed by atoms with van der Waals surface area (Å²) in [6.45, 7) is 6.70. The zero-order valence-corrected chi connectivity index (χ0v) is 14.0. The highest BCUT2D eigenvalue weighted by atomic mass is 16.2. The Morgan fingerprint density at radius 2 is 1.67 bits per heavy atom. The Hall–Kier alpha value is -0.570. The predicted octanol–water partition coefficient (Wildman–Crippen LogP) is 3.54. The topological polar surface area (TPSA) is 32.3 Å². The largest absolute Gasteiger partial charge is 0.323 e. The maximum absolute atomic E-state index is 13.0. The highest BCUT2D eigenvalue weighted by Gasteiger charge is 2.47. The summed E-state index contributed by atoms with van der Waals surface area (Å²) >= 11 is 0. The zero-order valence-electron chi connectivity index (χ0n) is 14.0. The van der Waals surface area contributed by atoms with Crippen LogP contribution in [0.2, 0.25) is 0 Å². The Balaban J connectivity index is 1.77. The first-order valence-electron chi connectivity index (χ1n) is 9.16. The molecule has 3 rings (SSSR count). The molecular weight excluding hydrogens is 260 g/mol. The summed E-state index contributed by atoms with van der Waals surface area (Å²) in [7, 11) is 0. The van der Waals surface area contributed by atoms with Gasteiger partial charge in [-0.1, -0.05) is 33.6 Å². The lowest BCUT2D eigenvalue weighted by molar-refractivity contribution is -0.134. The average molecular weight is 292 g/mol. The fourth-order valence-electron chi connectivity index (χ4n) is 4.67. The molecule has 1 heterocycles. The van der Waals surface area contributed by atoms with Gasteiger partial charge in [0, 0.05) is 6.04 Å². The second kappa shape index (κ2) is 6.28. The summed E-state index contributed by atoms with van der Waals surface area (Å²) < 4.78 is 0. The molecule has 1 saturated heterocycles. The molecule has 0 bridgehead atoms. The maximum Gasteiger partial charge on any atom is 0.241 e. The van der Waals surface area contributed by atoms with Gasteiger partial charge in [0.15, 0.2) is 0 Å². The molecule has 1 amide bonds. The molecule has 2 unspecified atom stereocenters. The lowest BCUT2D eigenvalue weighted by atomic mass is 9.86. The van der Waals surface area contributed by atoms with E-state index in [1.807, 2.05) is 0 Å². The second-order valence-electron chi connectivity index (χ2n) is 8.04. The number of nitrogens with one attached hydrogen (secondary N) is 1. The van der Waals surface area contributed by atoms with Crippen LogP contribution in [0.5, 0.6) is 0 Å². The first-order valence-corrected chi connectivity index (χ1v) is 9.16. The van der Waals surface area contributed by atoms with Crippen LogP contribution in [0.25, 0.3) is 0 Å². The minimum atomic E-state index is 0.0509. The van der Waals surface area contributed by atoms with Crippen LogP contribution >= 0.6 is 0 Å². The minimum absolute atomic E-state index is 0.0509. The smallest absolute Gasteiger partial charge is 0.241 e. The minimum Gasteiger partial charge on any atom is -0.323 e. The molecule has 0 spiro atoms. The van der Waals surface area contributed by atoms with E-state index in [1.54, 1.807) is 0 Å². The van der Waals surface area contributed by atoms with E-state index in [4.69, 9.17) is 0 Å². The van der Waals surface area contributed by atoms with Crippen LogP contribution in [0.3, 0.4) is 0 Å². The van der Waals surface area contributed by atoms with Crippen molar-refractivity contribution in [1.82, 2.24) is 10.2 Å². The Bertz CT molecular complexity index is 367. The van der Waals surface area contributed by atoms with E-state index >= 15 is 0 Å². The van der Waals surface area contributed by atoms with Gasteiger partial charge in [0.25, 0.3) is 0 Å². The average Bonchev–Trinajstić information content (AvgIpc) is 3.07. The molecule has 3 fully saturated rings. The maximum atomic E-state index is 13.0. The standard InChI is InChI=1S/C18H32N2O/c1-12(2)16-18(21)20(15-10-8-13(3)9-11-15)17(19-16)14-6-4-5-7-14/h12-17,19H,4-11H2,1-3H3. The van der Waals surface area contributed by atoms with Crippen molar-refractivity contribution in [2.45, 2.75) is 90.4 Å². The Morgan fingerprint density at radius 1 is 1.05 bits per heavy atom. The van der Waals surface area contributed by atoms with E-state index in [0.717, 1.165) is 5.92 Å². The summed E-state index contributed by atoms with van der Waals surface area (Å²) in [6.07, 6.45) is 10.6. The highest BCUT2D eigenvalue weighted by Crippen LogP contribution is 2.37. The monoisotopic (exact) mass is 292 g/mol. The van der Waals surface area contributed by atoms with Gasteiger partial charge in [0.05, 0.1) is 12.2 Å². The van der Waals surface area contributed by atoms with Crippen LogP contribution in [0, 0.1) is 17.8 Å². The number of rotatable bonds is 3. The van der Waals surface area contributed by atoms with Crippen LogP contribution < -0.4 is 5.32 Å². The molecule has 21 heavy (non-hydrogen) atoms. The second-order valence-corrected chi connectivity index (χ2v) is 8.04. The van der Waals surface area contributed by atoms with Crippen molar-refractivity contribution < 1.29 is 4.79 Å². The van der Waals surface area contributed by atoms with Crippen molar-refractivity contribution >= 4 is 5.91 Å². The van der Waals surface area contributed by atoms with Gasteiger partial charge in [-0.25, -0.2) is 0 Å². The van der Waals surface area contributed by atoms with Gasteiger partial charge in [-0.05, 0) is 56.3 Å². The summed E-state index contributed by atoms with van der Waals surface area (Å²) in [6, 6.07) is 0.547. The van der Waals surface area contributed by atoms with Crippen molar-refractivity contribution in [2.24, 2.45) is 17.8 Å². The number of carbonyl (C=O) groups excluding carboxylic acids is 1. The predicted molar refractivity (Wildman–Crippen MR) is 85.8 cm³/mol. The van der Waals surface area contributed by atoms with Gasteiger partial charge in [0.1, 0.15) is 0 Å². The molecule has 2 aliphatic carbocycles.